The largest absolute Gasteiger partial charge is 0.392 e. The fourth-order valence-electron chi connectivity index (χ4n) is 6.03. The summed E-state index contributed by atoms with van der Waals surface area (Å²) in [4.78, 5) is 25.9. The second-order valence-corrected chi connectivity index (χ2v) is 12.3. The summed E-state index contributed by atoms with van der Waals surface area (Å²) in [5, 5.41) is 21.1. The number of hydrogen-bond donors (Lipinski definition) is 4. The summed E-state index contributed by atoms with van der Waals surface area (Å²) in [6.07, 6.45) is 1.52. The highest BCUT2D eigenvalue weighted by molar-refractivity contribution is 5.77. The Balaban J connectivity index is 1.26. The molecular weight excluding hydrogens is 606 g/mol. The lowest BCUT2D eigenvalue weighted by molar-refractivity contribution is -0.252. The molecule has 0 aromatic heterocycles. The minimum atomic E-state index is -0.552. The fraction of sp³-hybridized carbons (Fsp3) is 0.333. The molecule has 4 aromatic rings. The number of nitrogens with one attached hydrogen (secondary N) is 2. The molecule has 2 amide bonds. The fourth-order valence-corrected chi connectivity index (χ4v) is 6.03. The highest BCUT2D eigenvalue weighted by Gasteiger charge is 2.33. The Bertz CT molecular complexity index is 1600. The van der Waals surface area contributed by atoms with Crippen molar-refractivity contribution >= 4 is 11.8 Å². The number of rotatable bonds is 15. The van der Waals surface area contributed by atoms with Crippen molar-refractivity contribution in [2.75, 3.05) is 13.6 Å². The van der Waals surface area contributed by atoms with Gasteiger partial charge in [0.1, 0.15) is 0 Å². The van der Waals surface area contributed by atoms with Gasteiger partial charge < -0.3 is 19.9 Å². The first-order valence-corrected chi connectivity index (χ1v) is 16.5. The van der Waals surface area contributed by atoms with Crippen molar-refractivity contribution in [3.8, 4) is 11.1 Å². The third-order valence-electron chi connectivity index (χ3n) is 8.60. The topological polar surface area (TPSA) is 120 Å². The van der Waals surface area contributed by atoms with Crippen LogP contribution >= 0.6 is 0 Å². The van der Waals surface area contributed by atoms with Gasteiger partial charge in [-0.15, -0.1) is 0 Å². The van der Waals surface area contributed by atoms with E-state index in [1.165, 1.54) is 5.56 Å². The van der Waals surface area contributed by atoms with Gasteiger partial charge in [0.25, 0.3) is 0 Å². The van der Waals surface area contributed by atoms with Gasteiger partial charge in [0.2, 0.25) is 11.8 Å². The van der Waals surface area contributed by atoms with Crippen LogP contribution in [0.25, 0.3) is 11.1 Å². The molecule has 4 aromatic carbocycles. The molecule has 1 fully saturated rings. The van der Waals surface area contributed by atoms with E-state index in [2.05, 4.69) is 53.7 Å². The maximum atomic E-state index is 12.4. The van der Waals surface area contributed by atoms with Crippen LogP contribution < -0.4 is 10.8 Å². The Hall–Kier alpha value is -4.38. The van der Waals surface area contributed by atoms with Crippen LogP contribution in [0.2, 0.25) is 0 Å². The maximum absolute atomic E-state index is 12.4. The van der Waals surface area contributed by atoms with E-state index in [0.29, 0.717) is 32.2 Å². The molecule has 0 spiro atoms. The molecule has 0 bridgehead atoms. The lowest BCUT2D eigenvalue weighted by Gasteiger charge is -2.38. The van der Waals surface area contributed by atoms with Crippen molar-refractivity contribution in [2.24, 2.45) is 0 Å². The highest BCUT2D eigenvalue weighted by atomic mass is 16.7. The molecule has 1 aliphatic rings. The molecule has 0 unspecified atom stereocenters. The van der Waals surface area contributed by atoms with Crippen LogP contribution in [0.5, 0.6) is 0 Å². The van der Waals surface area contributed by atoms with E-state index >= 15 is 0 Å². The van der Waals surface area contributed by atoms with Crippen molar-refractivity contribution in [3.05, 3.63) is 131 Å². The number of ether oxygens (including phenoxy) is 2. The maximum Gasteiger partial charge on any atom is 0.243 e. The summed E-state index contributed by atoms with van der Waals surface area (Å²) in [7, 11) is 2.11. The van der Waals surface area contributed by atoms with E-state index in [9.17, 15) is 14.7 Å². The molecule has 0 saturated carbocycles. The Kier molecular flexibility index (Phi) is 12.9. The Morgan fingerprint density at radius 2 is 1.46 bits per heavy atom. The van der Waals surface area contributed by atoms with Crippen LogP contribution in [0.15, 0.2) is 103 Å². The van der Waals surface area contributed by atoms with Gasteiger partial charge in [-0.05, 0) is 53.3 Å². The number of unbranched alkanes of at least 4 members (excludes halogenated alkanes) is 1. The Labute approximate surface area is 282 Å². The summed E-state index contributed by atoms with van der Waals surface area (Å²) in [6, 6.07) is 34.5. The van der Waals surface area contributed by atoms with Gasteiger partial charge in [0.05, 0.1) is 18.8 Å². The predicted molar refractivity (Wildman–Crippen MR) is 183 cm³/mol. The molecule has 4 N–H and O–H groups in total. The van der Waals surface area contributed by atoms with Crippen molar-refractivity contribution in [2.45, 2.75) is 70.3 Å². The Morgan fingerprint density at radius 1 is 0.792 bits per heavy atom. The van der Waals surface area contributed by atoms with Gasteiger partial charge in [-0.3, -0.25) is 19.7 Å². The average molecular weight is 652 g/mol. The zero-order valence-corrected chi connectivity index (χ0v) is 27.4. The zero-order valence-electron chi connectivity index (χ0n) is 27.4. The van der Waals surface area contributed by atoms with Crippen LogP contribution in [0.1, 0.15) is 72.3 Å². The van der Waals surface area contributed by atoms with Crippen molar-refractivity contribution < 1.29 is 29.4 Å². The van der Waals surface area contributed by atoms with Crippen LogP contribution in [0, 0.1) is 0 Å². The molecule has 0 aliphatic carbocycles. The number of likely N-dealkylation sites (N-methyl/N-ethyl adjacent to an activating group) is 1. The Morgan fingerprint density at radius 3 is 2.17 bits per heavy atom. The van der Waals surface area contributed by atoms with Crippen molar-refractivity contribution in [3.63, 3.8) is 0 Å². The van der Waals surface area contributed by atoms with E-state index in [1.807, 2.05) is 66.7 Å². The molecule has 9 nitrogen and oxygen atoms in total. The van der Waals surface area contributed by atoms with E-state index in [4.69, 9.17) is 14.7 Å². The number of benzene rings is 4. The van der Waals surface area contributed by atoms with Crippen LogP contribution in [0.3, 0.4) is 0 Å². The minimum Gasteiger partial charge on any atom is -0.392 e. The second-order valence-electron chi connectivity index (χ2n) is 12.3. The first-order chi connectivity index (χ1) is 23.4. The number of aliphatic hydroxyl groups is 1. The van der Waals surface area contributed by atoms with Crippen LogP contribution in [0.4, 0.5) is 0 Å². The number of amides is 2. The van der Waals surface area contributed by atoms with E-state index in [-0.39, 0.29) is 31.1 Å². The number of aliphatic hydroxyl groups excluding tert-OH is 1. The van der Waals surface area contributed by atoms with Crippen LogP contribution in [-0.4, -0.2) is 46.7 Å². The quantitative estimate of drug-likeness (QED) is 0.0686. The SMILES string of the molecule is CN(Cc1ccccc1)C[C@@H]1C[C@H](c2ccc(CO)cc2)O[C@H](c2ccc(-c3ccccc3CNC(=O)CCCCC(=O)NO)cc2)O1. The smallest absolute Gasteiger partial charge is 0.243 e. The zero-order chi connectivity index (χ0) is 33.7. The van der Waals surface area contributed by atoms with Gasteiger partial charge in [-0.1, -0.05) is 103 Å². The first-order valence-electron chi connectivity index (χ1n) is 16.5. The standard InChI is InChI=1S/C39H45N3O6/c1-42(25-28-9-3-2-4-10-28)26-34-23-36(31-17-15-29(27-43)16-18-31)48-39(47-34)32-21-19-30(20-22-32)35-12-6-5-11-33(35)24-40-37(44)13-7-8-14-38(45)41-46/h2-6,9-12,15-22,34,36,39,43,46H,7-8,13-14,23-27H2,1H3,(H,40,44)(H,41,45)/t34-,36+,39+/m0/s1. The lowest BCUT2D eigenvalue weighted by Crippen LogP contribution is -2.37. The third-order valence-corrected chi connectivity index (χ3v) is 8.60. The minimum absolute atomic E-state index is 0.000312. The number of hydroxylamine groups is 1. The van der Waals surface area contributed by atoms with Gasteiger partial charge >= 0.3 is 0 Å². The highest BCUT2D eigenvalue weighted by Crippen LogP contribution is 2.39. The monoisotopic (exact) mass is 651 g/mol. The molecule has 1 heterocycles. The summed E-state index contributed by atoms with van der Waals surface area (Å²) < 4.78 is 13.2. The van der Waals surface area contributed by atoms with Crippen molar-refractivity contribution in [1.82, 2.24) is 15.7 Å². The van der Waals surface area contributed by atoms with E-state index in [1.54, 1.807) is 5.48 Å². The summed E-state index contributed by atoms with van der Waals surface area (Å²) >= 11 is 0. The molecule has 48 heavy (non-hydrogen) atoms. The van der Waals surface area contributed by atoms with Gasteiger partial charge in [0, 0.05) is 44.5 Å². The number of hydrogen-bond acceptors (Lipinski definition) is 7. The predicted octanol–water partition coefficient (Wildman–Crippen LogP) is 6.21. The van der Waals surface area contributed by atoms with Crippen LogP contribution in [-0.2, 0) is 38.8 Å². The normalized spacial score (nSPS) is 17.6. The van der Waals surface area contributed by atoms with Gasteiger partial charge in [-0.25, -0.2) is 5.48 Å². The molecule has 1 aliphatic heterocycles. The molecule has 0 radical (unpaired) electrons. The molecule has 3 atom stereocenters. The average Bonchev–Trinajstić information content (AvgIpc) is 3.13. The molecule has 1 saturated heterocycles. The van der Waals surface area contributed by atoms with E-state index in [0.717, 1.165) is 46.5 Å². The number of carbonyl (C=O) groups is 2. The van der Waals surface area contributed by atoms with E-state index < -0.39 is 12.2 Å². The third kappa shape index (κ3) is 10.1. The van der Waals surface area contributed by atoms with Gasteiger partial charge in [-0.2, -0.15) is 0 Å². The molecule has 9 heteroatoms. The summed E-state index contributed by atoms with van der Waals surface area (Å²) in [6.45, 7) is 1.95. The molecule has 5 rings (SSSR count). The molecule has 252 valence electrons. The summed E-state index contributed by atoms with van der Waals surface area (Å²) in [5.74, 6) is -0.530. The second kappa shape index (κ2) is 17.7. The summed E-state index contributed by atoms with van der Waals surface area (Å²) in [5.41, 5.74) is 8.74. The number of nitrogens with zero attached hydrogens (tertiary/aromatic N) is 1. The lowest BCUT2D eigenvalue weighted by atomic mass is 9.97. The van der Waals surface area contributed by atoms with Crippen molar-refractivity contribution in [1.29, 1.82) is 0 Å². The number of carbonyl (C=O) groups excluding carboxylic acids is 2. The first kappa shape index (κ1) is 34.9. The molecular formula is C39H45N3O6. The van der Waals surface area contributed by atoms with Gasteiger partial charge in [0.15, 0.2) is 6.29 Å².